The van der Waals surface area contributed by atoms with Gasteiger partial charge in [0.1, 0.15) is 5.82 Å². The highest BCUT2D eigenvalue weighted by Gasteiger charge is 2.18. The second kappa shape index (κ2) is 4.62. The number of halogens is 1. The summed E-state index contributed by atoms with van der Waals surface area (Å²) in [6.45, 7) is 1.87. The van der Waals surface area contributed by atoms with Crippen molar-refractivity contribution in [3.63, 3.8) is 0 Å². The highest BCUT2D eigenvalue weighted by Crippen LogP contribution is 2.18. The summed E-state index contributed by atoms with van der Waals surface area (Å²) < 4.78 is 26.7. The van der Waals surface area contributed by atoms with Crippen LogP contribution >= 0.6 is 15.9 Å². The van der Waals surface area contributed by atoms with E-state index in [2.05, 4.69) is 20.9 Å². The molecule has 1 heterocycles. The zero-order valence-electron chi connectivity index (χ0n) is 9.17. The molecule has 0 bridgehead atoms. The molecule has 0 aliphatic carbocycles. The quantitative estimate of drug-likeness (QED) is 0.874. The second-order valence-electron chi connectivity index (χ2n) is 3.45. The highest BCUT2D eigenvalue weighted by atomic mass is 79.9. The molecule has 0 aliphatic rings. The summed E-state index contributed by atoms with van der Waals surface area (Å²) in [7, 11) is -3.52. The van der Waals surface area contributed by atoms with E-state index in [1.165, 1.54) is 16.4 Å². The lowest BCUT2D eigenvalue weighted by Crippen LogP contribution is -2.14. The Morgan fingerprint density at radius 1 is 1.29 bits per heavy atom. The van der Waals surface area contributed by atoms with Crippen LogP contribution in [0.2, 0.25) is 0 Å². The van der Waals surface area contributed by atoms with Crippen LogP contribution in [0.4, 0.5) is 0 Å². The third-order valence-electron chi connectivity index (χ3n) is 2.37. The first-order valence-corrected chi connectivity index (χ1v) is 7.32. The van der Waals surface area contributed by atoms with Crippen molar-refractivity contribution in [1.82, 2.24) is 8.96 Å². The highest BCUT2D eigenvalue weighted by molar-refractivity contribution is 9.10. The molecule has 0 fully saturated rings. The summed E-state index contributed by atoms with van der Waals surface area (Å²) in [6.07, 6.45) is 3.54. The van der Waals surface area contributed by atoms with Crippen LogP contribution in [0, 0.1) is 0 Å². The molecule has 90 valence electrons. The lowest BCUT2D eigenvalue weighted by atomic mass is 10.4. The SMILES string of the molecule is CCc1nccn1S(=O)(=O)c1ccc(Br)cc1. The van der Waals surface area contributed by atoms with Crippen molar-refractivity contribution >= 4 is 26.0 Å². The minimum absolute atomic E-state index is 0.258. The molecule has 1 aromatic carbocycles. The normalized spacial score (nSPS) is 11.6. The van der Waals surface area contributed by atoms with Crippen molar-refractivity contribution in [2.75, 3.05) is 0 Å². The Bertz CT molecular complexity index is 617. The molecule has 0 amide bonds. The van der Waals surface area contributed by atoms with Crippen LogP contribution in [0.1, 0.15) is 12.7 Å². The molecule has 0 spiro atoms. The Morgan fingerprint density at radius 2 is 1.94 bits per heavy atom. The standard InChI is InChI=1S/C11H11BrN2O2S/c1-2-11-13-7-8-14(11)17(15,16)10-5-3-9(12)4-6-10/h3-8H,2H2,1H3. The van der Waals surface area contributed by atoms with E-state index in [1.807, 2.05) is 6.92 Å². The van der Waals surface area contributed by atoms with Crippen molar-refractivity contribution in [3.8, 4) is 0 Å². The van der Waals surface area contributed by atoms with Gasteiger partial charge in [-0.05, 0) is 24.3 Å². The number of rotatable bonds is 3. The van der Waals surface area contributed by atoms with Crippen molar-refractivity contribution in [2.45, 2.75) is 18.2 Å². The van der Waals surface area contributed by atoms with Crippen molar-refractivity contribution in [2.24, 2.45) is 0 Å². The number of hydrogen-bond acceptors (Lipinski definition) is 3. The maximum absolute atomic E-state index is 12.3. The predicted octanol–water partition coefficient (Wildman–Crippen LogP) is 2.45. The maximum atomic E-state index is 12.3. The minimum Gasteiger partial charge on any atom is -0.241 e. The van der Waals surface area contributed by atoms with E-state index < -0.39 is 10.0 Å². The van der Waals surface area contributed by atoms with Gasteiger partial charge in [0.2, 0.25) is 0 Å². The molecule has 2 aromatic rings. The van der Waals surface area contributed by atoms with Gasteiger partial charge in [0.25, 0.3) is 10.0 Å². The topological polar surface area (TPSA) is 52.0 Å². The van der Waals surface area contributed by atoms with E-state index in [-0.39, 0.29) is 4.90 Å². The largest absolute Gasteiger partial charge is 0.269 e. The van der Waals surface area contributed by atoms with Crippen LogP contribution in [0.3, 0.4) is 0 Å². The van der Waals surface area contributed by atoms with Gasteiger partial charge in [0.15, 0.2) is 0 Å². The zero-order valence-corrected chi connectivity index (χ0v) is 11.6. The Balaban J connectivity index is 2.54. The van der Waals surface area contributed by atoms with E-state index in [0.717, 1.165) is 4.47 Å². The third kappa shape index (κ3) is 2.28. The fourth-order valence-electron chi connectivity index (χ4n) is 1.51. The van der Waals surface area contributed by atoms with E-state index >= 15 is 0 Å². The number of imidazole rings is 1. The summed E-state index contributed by atoms with van der Waals surface area (Å²) in [5.74, 6) is 0.535. The van der Waals surface area contributed by atoms with Crippen LogP contribution in [0.5, 0.6) is 0 Å². The smallest absolute Gasteiger partial charge is 0.241 e. The number of hydrogen-bond donors (Lipinski definition) is 0. The lowest BCUT2D eigenvalue weighted by molar-refractivity contribution is 0.584. The first kappa shape index (κ1) is 12.3. The first-order valence-electron chi connectivity index (χ1n) is 5.09. The lowest BCUT2D eigenvalue weighted by Gasteiger charge is -2.08. The molecule has 2 rings (SSSR count). The molecule has 0 aliphatic heterocycles. The number of benzene rings is 1. The molecular formula is C11H11BrN2O2S. The summed E-state index contributed by atoms with van der Waals surface area (Å²) in [5, 5.41) is 0. The van der Waals surface area contributed by atoms with Crippen LogP contribution in [-0.4, -0.2) is 17.4 Å². The van der Waals surface area contributed by atoms with Crippen molar-refractivity contribution in [1.29, 1.82) is 0 Å². The van der Waals surface area contributed by atoms with Gasteiger partial charge in [-0.15, -0.1) is 0 Å². The van der Waals surface area contributed by atoms with E-state index in [0.29, 0.717) is 12.2 Å². The third-order valence-corrected chi connectivity index (χ3v) is 4.61. The molecular weight excluding hydrogens is 304 g/mol. The van der Waals surface area contributed by atoms with E-state index in [4.69, 9.17) is 0 Å². The maximum Gasteiger partial charge on any atom is 0.269 e. The monoisotopic (exact) mass is 314 g/mol. The number of aryl methyl sites for hydroxylation is 1. The molecule has 4 nitrogen and oxygen atoms in total. The van der Waals surface area contributed by atoms with Crippen LogP contribution in [0.25, 0.3) is 0 Å². The molecule has 0 atom stereocenters. The van der Waals surface area contributed by atoms with Gasteiger partial charge in [0, 0.05) is 23.3 Å². The first-order chi connectivity index (χ1) is 8.05. The van der Waals surface area contributed by atoms with E-state index in [1.54, 1.807) is 24.3 Å². The molecule has 0 unspecified atom stereocenters. The summed E-state index contributed by atoms with van der Waals surface area (Å²) in [5.41, 5.74) is 0. The average Bonchev–Trinajstić information content (AvgIpc) is 2.78. The van der Waals surface area contributed by atoms with Gasteiger partial charge in [-0.25, -0.2) is 17.4 Å². The Kier molecular flexibility index (Phi) is 3.35. The molecule has 1 aromatic heterocycles. The Hall–Kier alpha value is -1.14. The molecule has 6 heteroatoms. The zero-order chi connectivity index (χ0) is 12.5. The molecule has 0 N–H and O–H groups in total. The molecule has 17 heavy (non-hydrogen) atoms. The van der Waals surface area contributed by atoms with Crippen molar-refractivity contribution in [3.05, 3.63) is 47.0 Å². The van der Waals surface area contributed by atoms with Gasteiger partial charge >= 0.3 is 0 Å². The van der Waals surface area contributed by atoms with Crippen molar-refractivity contribution < 1.29 is 8.42 Å². The summed E-state index contributed by atoms with van der Waals surface area (Å²) in [6, 6.07) is 6.54. The van der Waals surface area contributed by atoms with Crippen LogP contribution in [0.15, 0.2) is 46.0 Å². The fourth-order valence-corrected chi connectivity index (χ4v) is 3.15. The summed E-state index contributed by atoms with van der Waals surface area (Å²) in [4.78, 5) is 4.28. The fraction of sp³-hybridized carbons (Fsp3) is 0.182. The van der Waals surface area contributed by atoms with Gasteiger partial charge < -0.3 is 0 Å². The number of aromatic nitrogens is 2. The minimum atomic E-state index is -3.52. The van der Waals surface area contributed by atoms with E-state index in [9.17, 15) is 8.42 Å². The molecule has 0 radical (unpaired) electrons. The Morgan fingerprint density at radius 3 is 2.53 bits per heavy atom. The van der Waals surface area contributed by atoms with Crippen LogP contribution < -0.4 is 0 Å². The predicted molar refractivity (Wildman–Crippen MR) is 68.3 cm³/mol. The Labute approximate surface area is 108 Å². The van der Waals surface area contributed by atoms with Gasteiger partial charge in [-0.2, -0.15) is 0 Å². The number of nitrogens with zero attached hydrogens (tertiary/aromatic N) is 2. The molecule has 0 saturated carbocycles. The van der Waals surface area contributed by atoms with Gasteiger partial charge in [-0.1, -0.05) is 22.9 Å². The molecule has 0 saturated heterocycles. The average molecular weight is 315 g/mol. The van der Waals surface area contributed by atoms with Gasteiger partial charge in [0.05, 0.1) is 4.90 Å². The van der Waals surface area contributed by atoms with Gasteiger partial charge in [-0.3, -0.25) is 0 Å². The van der Waals surface area contributed by atoms with Crippen LogP contribution in [-0.2, 0) is 16.4 Å². The second-order valence-corrected chi connectivity index (χ2v) is 6.18. The summed E-state index contributed by atoms with van der Waals surface area (Å²) >= 11 is 3.28.